The minimum atomic E-state index is 0.896. The van der Waals surface area contributed by atoms with Gasteiger partial charge in [-0.1, -0.05) is 42.1 Å². The lowest BCUT2D eigenvalue weighted by Crippen LogP contribution is -1.98. The van der Waals surface area contributed by atoms with Crippen LogP contribution in [0.3, 0.4) is 0 Å². The van der Waals surface area contributed by atoms with E-state index in [1.165, 1.54) is 0 Å². The quantitative estimate of drug-likeness (QED) is 0.744. The van der Waals surface area contributed by atoms with Crippen LogP contribution < -0.4 is 0 Å². The van der Waals surface area contributed by atoms with Crippen molar-refractivity contribution in [1.29, 1.82) is 0 Å². The Morgan fingerprint density at radius 3 is 2.53 bits per heavy atom. The van der Waals surface area contributed by atoms with Crippen LogP contribution in [0.1, 0.15) is 6.92 Å². The van der Waals surface area contributed by atoms with Crippen LogP contribution in [0.15, 0.2) is 35.5 Å². The summed E-state index contributed by atoms with van der Waals surface area (Å²) >= 11 is 1.62. The molecule has 4 heteroatoms. The predicted molar refractivity (Wildman–Crippen MR) is 62.9 cm³/mol. The lowest BCUT2D eigenvalue weighted by molar-refractivity contribution is 0.688. The number of hydrogen-bond acceptors (Lipinski definition) is 3. The summed E-state index contributed by atoms with van der Waals surface area (Å²) in [6, 6.07) is 10.2. The van der Waals surface area contributed by atoms with Gasteiger partial charge in [-0.05, 0) is 13.2 Å². The highest BCUT2D eigenvalue weighted by atomic mass is 32.2. The minimum Gasteiger partial charge on any atom is -0.302 e. The molecule has 0 fully saturated rings. The molecule has 1 heterocycles. The molecule has 0 saturated carbocycles. The Hall–Kier alpha value is -1.29. The largest absolute Gasteiger partial charge is 0.302 e. The van der Waals surface area contributed by atoms with E-state index in [4.69, 9.17) is 0 Å². The number of aromatic nitrogens is 3. The number of nitrogens with zero attached hydrogens (tertiary/aromatic N) is 3. The van der Waals surface area contributed by atoms with Crippen molar-refractivity contribution in [3.05, 3.63) is 30.3 Å². The third-order valence-corrected chi connectivity index (χ3v) is 2.91. The van der Waals surface area contributed by atoms with E-state index < -0.39 is 0 Å². The van der Waals surface area contributed by atoms with E-state index >= 15 is 0 Å². The van der Waals surface area contributed by atoms with Gasteiger partial charge in [0.1, 0.15) is 0 Å². The van der Waals surface area contributed by atoms with Gasteiger partial charge in [0, 0.05) is 12.1 Å². The maximum Gasteiger partial charge on any atom is 0.191 e. The highest BCUT2D eigenvalue weighted by molar-refractivity contribution is 7.98. The van der Waals surface area contributed by atoms with E-state index in [0.29, 0.717) is 0 Å². The van der Waals surface area contributed by atoms with Gasteiger partial charge in [-0.2, -0.15) is 0 Å². The second-order valence-electron chi connectivity index (χ2n) is 3.12. The molecule has 0 bridgehead atoms. The predicted octanol–water partition coefficient (Wildman–Crippen LogP) is 2.69. The summed E-state index contributed by atoms with van der Waals surface area (Å²) in [7, 11) is 0. The molecule has 2 aromatic rings. The van der Waals surface area contributed by atoms with E-state index in [1.54, 1.807) is 11.8 Å². The molecule has 2 rings (SSSR count). The van der Waals surface area contributed by atoms with Crippen molar-refractivity contribution >= 4 is 11.8 Å². The molecule has 0 amide bonds. The minimum absolute atomic E-state index is 0.896. The van der Waals surface area contributed by atoms with Gasteiger partial charge in [0.25, 0.3) is 0 Å². The summed E-state index contributed by atoms with van der Waals surface area (Å²) in [6.45, 7) is 3.00. The first-order valence-corrected chi connectivity index (χ1v) is 6.12. The topological polar surface area (TPSA) is 30.7 Å². The summed E-state index contributed by atoms with van der Waals surface area (Å²) < 4.78 is 2.12. The smallest absolute Gasteiger partial charge is 0.191 e. The summed E-state index contributed by atoms with van der Waals surface area (Å²) in [5, 5.41) is 9.35. The average molecular weight is 219 g/mol. The van der Waals surface area contributed by atoms with Crippen molar-refractivity contribution in [2.24, 2.45) is 0 Å². The molecule has 0 N–H and O–H groups in total. The Labute approximate surface area is 93.5 Å². The van der Waals surface area contributed by atoms with E-state index in [2.05, 4.69) is 33.8 Å². The van der Waals surface area contributed by atoms with Crippen molar-refractivity contribution in [2.45, 2.75) is 18.6 Å². The van der Waals surface area contributed by atoms with Crippen molar-refractivity contribution in [2.75, 3.05) is 6.26 Å². The van der Waals surface area contributed by atoms with E-state index in [0.717, 1.165) is 23.1 Å². The van der Waals surface area contributed by atoms with Crippen LogP contribution in [0.5, 0.6) is 0 Å². The molecule has 3 nitrogen and oxygen atoms in total. The Kier molecular flexibility index (Phi) is 3.06. The molecule has 0 unspecified atom stereocenters. The van der Waals surface area contributed by atoms with Crippen molar-refractivity contribution < 1.29 is 0 Å². The van der Waals surface area contributed by atoms with Gasteiger partial charge in [-0.3, -0.25) is 0 Å². The number of rotatable bonds is 3. The first kappa shape index (κ1) is 10.2. The van der Waals surface area contributed by atoms with Crippen molar-refractivity contribution in [3.63, 3.8) is 0 Å². The zero-order chi connectivity index (χ0) is 10.7. The number of thioether (sulfide) groups is 1. The van der Waals surface area contributed by atoms with Gasteiger partial charge < -0.3 is 4.57 Å². The van der Waals surface area contributed by atoms with Crippen molar-refractivity contribution in [1.82, 2.24) is 14.8 Å². The number of benzene rings is 1. The fourth-order valence-corrected chi connectivity index (χ4v) is 2.08. The molecular weight excluding hydrogens is 206 g/mol. The molecule has 78 valence electrons. The lowest BCUT2D eigenvalue weighted by Gasteiger charge is -2.05. The van der Waals surface area contributed by atoms with Gasteiger partial charge in [0.15, 0.2) is 11.0 Å². The molecule has 1 aromatic heterocycles. The van der Waals surface area contributed by atoms with Gasteiger partial charge in [0.2, 0.25) is 0 Å². The summed E-state index contributed by atoms with van der Waals surface area (Å²) in [6.07, 6.45) is 2.02. The first-order chi connectivity index (χ1) is 7.36. The van der Waals surface area contributed by atoms with Gasteiger partial charge in [-0.15, -0.1) is 10.2 Å². The van der Waals surface area contributed by atoms with Crippen LogP contribution in [-0.4, -0.2) is 21.0 Å². The molecule has 0 spiro atoms. The third kappa shape index (κ3) is 1.90. The van der Waals surface area contributed by atoms with Crippen LogP contribution >= 0.6 is 11.8 Å². The van der Waals surface area contributed by atoms with Crippen molar-refractivity contribution in [3.8, 4) is 11.4 Å². The molecule has 1 aromatic carbocycles. The highest BCUT2D eigenvalue weighted by Crippen LogP contribution is 2.21. The summed E-state index contributed by atoms with van der Waals surface area (Å²) in [4.78, 5) is 0. The lowest BCUT2D eigenvalue weighted by atomic mass is 10.2. The van der Waals surface area contributed by atoms with Crippen LogP contribution in [0.2, 0.25) is 0 Å². The maximum absolute atomic E-state index is 4.22. The highest BCUT2D eigenvalue weighted by Gasteiger charge is 2.10. The Balaban J connectivity index is 2.49. The Morgan fingerprint density at radius 2 is 1.93 bits per heavy atom. The zero-order valence-corrected chi connectivity index (χ0v) is 9.66. The molecule has 0 atom stereocenters. The maximum atomic E-state index is 4.22. The van der Waals surface area contributed by atoms with Gasteiger partial charge >= 0.3 is 0 Å². The molecule has 0 aliphatic rings. The summed E-state index contributed by atoms with van der Waals surface area (Å²) in [5.74, 6) is 0.947. The van der Waals surface area contributed by atoms with Gasteiger partial charge in [0.05, 0.1) is 0 Å². The Morgan fingerprint density at radius 1 is 1.20 bits per heavy atom. The van der Waals surface area contributed by atoms with Crippen LogP contribution in [-0.2, 0) is 6.54 Å². The fourth-order valence-electron chi connectivity index (χ4n) is 1.53. The zero-order valence-electron chi connectivity index (χ0n) is 8.84. The van der Waals surface area contributed by atoms with E-state index in [9.17, 15) is 0 Å². The standard InChI is InChI=1S/C11H13N3S/c1-3-14-10(12-13-11(14)15-2)9-7-5-4-6-8-9/h4-8H,3H2,1-2H3. The first-order valence-electron chi connectivity index (χ1n) is 4.89. The molecule has 0 aliphatic carbocycles. The van der Waals surface area contributed by atoms with E-state index in [1.807, 2.05) is 24.5 Å². The monoisotopic (exact) mass is 219 g/mol. The molecular formula is C11H13N3S. The second-order valence-corrected chi connectivity index (χ2v) is 3.89. The average Bonchev–Trinajstić information content (AvgIpc) is 2.72. The molecule has 0 radical (unpaired) electrons. The number of hydrogen-bond donors (Lipinski definition) is 0. The van der Waals surface area contributed by atoms with Crippen LogP contribution in [0, 0.1) is 0 Å². The summed E-state index contributed by atoms with van der Waals surface area (Å²) in [5.41, 5.74) is 1.12. The van der Waals surface area contributed by atoms with Gasteiger partial charge in [-0.25, -0.2) is 0 Å². The molecule has 15 heavy (non-hydrogen) atoms. The third-order valence-electron chi connectivity index (χ3n) is 2.25. The normalized spacial score (nSPS) is 10.5. The van der Waals surface area contributed by atoms with Crippen LogP contribution in [0.25, 0.3) is 11.4 Å². The molecule has 0 aliphatic heterocycles. The molecule has 0 saturated heterocycles. The van der Waals surface area contributed by atoms with Crippen LogP contribution in [0.4, 0.5) is 0 Å². The second kappa shape index (κ2) is 4.49. The SMILES string of the molecule is CCn1c(SC)nnc1-c1ccccc1. The van der Waals surface area contributed by atoms with E-state index in [-0.39, 0.29) is 0 Å². The Bertz CT molecular complexity index is 436. The fraction of sp³-hybridized carbons (Fsp3) is 0.273.